The average Bonchev–Trinajstić information content (AvgIpc) is 2.89. The highest BCUT2D eigenvalue weighted by molar-refractivity contribution is 5.81. The zero-order valence-corrected chi connectivity index (χ0v) is 14.7. The van der Waals surface area contributed by atoms with E-state index in [-0.39, 0.29) is 11.0 Å². The second-order valence-electron chi connectivity index (χ2n) is 6.54. The molecule has 1 aliphatic heterocycles. The van der Waals surface area contributed by atoms with Gasteiger partial charge in [-0.2, -0.15) is 0 Å². The van der Waals surface area contributed by atoms with Crippen LogP contribution in [0.4, 0.5) is 0 Å². The third-order valence-corrected chi connectivity index (χ3v) is 4.60. The van der Waals surface area contributed by atoms with Crippen molar-refractivity contribution in [2.24, 2.45) is 4.99 Å². The number of aliphatic hydroxyl groups excluding tert-OH is 1. The summed E-state index contributed by atoms with van der Waals surface area (Å²) in [5.41, 5.74) is 0. The monoisotopic (exact) mass is 325 g/mol. The normalized spacial score (nSPS) is 21.4. The smallest absolute Gasteiger partial charge is 0.360 e. The minimum absolute atomic E-state index is 0.0493. The number of carbonyl (C=O) groups is 1. The summed E-state index contributed by atoms with van der Waals surface area (Å²) in [5.74, 6) is -0.150. The van der Waals surface area contributed by atoms with E-state index in [4.69, 9.17) is 5.11 Å². The molecule has 0 aromatic heterocycles. The Morgan fingerprint density at radius 2 is 1.70 bits per heavy atom. The quantitative estimate of drug-likeness (QED) is 0.397. The number of carboxylic acid groups (broad SMARTS) is 1. The number of hydrogen-bond donors (Lipinski definition) is 2. The Morgan fingerprint density at radius 3 is 2.22 bits per heavy atom. The highest BCUT2D eigenvalue weighted by Gasteiger charge is 2.41. The molecule has 0 fully saturated rings. The van der Waals surface area contributed by atoms with Gasteiger partial charge in [-0.1, -0.05) is 58.3 Å². The third-order valence-electron chi connectivity index (χ3n) is 4.60. The van der Waals surface area contributed by atoms with Gasteiger partial charge in [0.05, 0.1) is 6.20 Å². The number of rotatable bonds is 13. The molecule has 5 heteroatoms. The van der Waals surface area contributed by atoms with Gasteiger partial charge in [-0.3, -0.25) is 0 Å². The van der Waals surface area contributed by atoms with Crippen molar-refractivity contribution < 1.29 is 19.5 Å². The molecule has 2 N–H and O–H groups in total. The Kier molecular flexibility index (Phi) is 9.10. The fourth-order valence-electron chi connectivity index (χ4n) is 3.14. The summed E-state index contributed by atoms with van der Waals surface area (Å²) in [6.07, 6.45) is 14.6. The minimum Gasteiger partial charge on any atom is -0.477 e. The molecule has 1 heterocycles. The van der Waals surface area contributed by atoms with Crippen LogP contribution < -0.4 is 0 Å². The van der Waals surface area contributed by atoms with Crippen molar-refractivity contribution in [3.8, 4) is 0 Å². The summed E-state index contributed by atoms with van der Waals surface area (Å²) < 4.78 is -0.0493. The zero-order valence-electron chi connectivity index (χ0n) is 14.7. The molecule has 1 rings (SSSR count). The molecule has 2 atom stereocenters. The van der Waals surface area contributed by atoms with E-state index in [0.717, 1.165) is 25.1 Å². The molecule has 2 unspecified atom stereocenters. The first-order chi connectivity index (χ1) is 11.0. The van der Waals surface area contributed by atoms with Crippen LogP contribution in [0.3, 0.4) is 0 Å². The molecular formula is C18H33N2O3+. The Hall–Kier alpha value is -1.20. The van der Waals surface area contributed by atoms with Crippen LogP contribution in [0.2, 0.25) is 0 Å². The highest BCUT2D eigenvalue weighted by Crippen LogP contribution is 2.24. The number of quaternary nitrogens is 1. The van der Waals surface area contributed by atoms with E-state index < -0.39 is 12.2 Å². The van der Waals surface area contributed by atoms with Crippen molar-refractivity contribution in [2.45, 2.75) is 84.3 Å². The summed E-state index contributed by atoms with van der Waals surface area (Å²) in [6, 6.07) is 0. The topological polar surface area (TPSA) is 69.9 Å². The Bertz CT molecular complexity index is 418. The SMILES string of the molecule is CCCCCCCCCCCC1=NC=C[N+]1(CC(=O)O)C(C)O. The molecule has 0 amide bonds. The van der Waals surface area contributed by atoms with Gasteiger partial charge < -0.3 is 10.2 Å². The number of aliphatic carboxylic acids is 1. The molecule has 0 radical (unpaired) electrons. The molecule has 0 saturated carbocycles. The molecule has 5 nitrogen and oxygen atoms in total. The molecule has 0 aromatic rings. The first kappa shape index (κ1) is 19.8. The number of hydrogen-bond acceptors (Lipinski definition) is 3. The van der Waals surface area contributed by atoms with Crippen molar-refractivity contribution >= 4 is 11.8 Å². The van der Waals surface area contributed by atoms with E-state index in [0.29, 0.717) is 0 Å². The van der Waals surface area contributed by atoms with Crippen LogP contribution in [-0.2, 0) is 4.79 Å². The fourth-order valence-corrected chi connectivity index (χ4v) is 3.14. The van der Waals surface area contributed by atoms with Gasteiger partial charge >= 0.3 is 5.97 Å². The second kappa shape index (κ2) is 10.6. The maximum atomic E-state index is 11.1. The van der Waals surface area contributed by atoms with Gasteiger partial charge in [0.1, 0.15) is 6.20 Å². The Balaban J connectivity index is 2.27. The maximum Gasteiger partial charge on any atom is 0.360 e. The molecule has 0 aliphatic carbocycles. The van der Waals surface area contributed by atoms with E-state index in [1.807, 2.05) is 0 Å². The number of aliphatic imine (C=N–C) groups is 1. The fraction of sp³-hybridized carbons (Fsp3) is 0.778. The van der Waals surface area contributed by atoms with Gasteiger partial charge in [0.25, 0.3) is 0 Å². The van der Waals surface area contributed by atoms with E-state index in [2.05, 4.69) is 11.9 Å². The van der Waals surface area contributed by atoms with E-state index in [9.17, 15) is 9.90 Å². The predicted molar refractivity (Wildman–Crippen MR) is 92.9 cm³/mol. The van der Waals surface area contributed by atoms with Crippen LogP contribution in [0.5, 0.6) is 0 Å². The third kappa shape index (κ3) is 6.43. The van der Waals surface area contributed by atoms with Gasteiger partial charge in [-0.15, -0.1) is 0 Å². The lowest BCUT2D eigenvalue weighted by atomic mass is 10.1. The molecule has 0 saturated heterocycles. The Morgan fingerprint density at radius 1 is 1.13 bits per heavy atom. The first-order valence-corrected chi connectivity index (χ1v) is 9.05. The van der Waals surface area contributed by atoms with Crippen LogP contribution in [0.15, 0.2) is 17.4 Å². The highest BCUT2D eigenvalue weighted by atomic mass is 16.4. The molecule has 132 valence electrons. The lowest BCUT2D eigenvalue weighted by Gasteiger charge is -2.33. The Labute approximate surface area is 140 Å². The molecule has 1 aliphatic rings. The van der Waals surface area contributed by atoms with Crippen molar-refractivity contribution in [1.29, 1.82) is 0 Å². The van der Waals surface area contributed by atoms with Crippen molar-refractivity contribution in [3.63, 3.8) is 0 Å². The van der Waals surface area contributed by atoms with Gasteiger partial charge in [0.15, 0.2) is 12.8 Å². The van der Waals surface area contributed by atoms with Gasteiger partial charge in [-0.25, -0.2) is 14.3 Å². The van der Waals surface area contributed by atoms with Gasteiger partial charge in [0, 0.05) is 13.3 Å². The van der Waals surface area contributed by atoms with Gasteiger partial charge in [0.2, 0.25) is 5.84 Å². The summed E-state index contributed by atoms with van der Waals surface area (Å²) in [6.45, 7) is 3.71. The second-order valence-corrected chi connectivity index (χ2v) is 6.54. The number of amidine groups is 1. The van der Waals surface area contributed by atoms with Crippen LogP contribution in [-0.4, -0.2) is 39.3 Å². The van der Waals surface area contributed by atoms with E-state index in [1.54, 1.807) is 19.3 Å². The number of nitrogens with zero attached hydrogens (tertiary/aromatic N) is 2. The number of carboxylic acids is 1. The summed E-state index contributed by atoms with van der Waals surface area (Å²) in [7, 11) is 0. The largest absolute Gasteiger partial charge is 0.477 e. The standard InChI is InChI=1S/C18H32N2O3/c1-3-4-5-6-7-8-9-10-11-12-17-19-13-14-20(17,16(2)21)15-18(22)23/h13-14,16,21H,3-12,15H2,1-2H3/p+1. The maximum absolute atomic E-state index is 11.1. The van der Waals surface area contributed by atoms with E-state index in [1.165, 1.54) is 44.9 Å². The van der Waals surface area contributed by atoms with Crippen LogP contribution in [0.25, 0.3) is 0 Å². The summed E-state index contributed by atoms with van der Waals surface area (Å²) in [4.78, 5) is 15.4. The van der Waals surface area contributed by atoms with Gasteiger partial charge in [-0.05, 0) is 6.42 Å². The number of aliphatic hydroxyl groups is 1. The van der Waals surface area contributed by atoms with Crippen LogP contribution in [0, 0.1) is 0 Å². The number of unbranched alkanes of at least 4 members (excludes halogenated alkanes) is 8. The molecule has 0 bridgehead atoms. The average molecular weight is 325 g/mol. The van der Waals surface area contributed by atoms with Crippen LogP contribution in [0.1, 0.15) is 78.1 Å². The van der Waals surface area contributed by atoms with Crippen molar-refractivity contribution in [2.75, 3.05) is 6.54 Å². The van der Waals surface area contributed by atoms with Crippen molar-refractivity contribution in [3.05, 3.63) is 12.4 Å². The molecular weight excluding hydrogens is 292 g/mol. The molecule has 23 heavy (non-hydrogen) atoms. The minimum atomic E-state index is -0.919. The lowest BCUT2D eigenvalue weighted by Crippen LogP contribution is -2.55. The van der Waals surface area contributed by atoms with Crippen LogP contribution >= 0.6 is 0 Å². The summed E-state index contributed by atoms with van der Waals surface area (Å²) >= 11 is 0. The summed E-state index contributed by atoms with van der Waals surface area (Å²) in [5, 5.41) is 19.2. The zero-order chi connectivity index (χ0) is 17.1. The van der Waals surface area contributed by atoms with Crippen molar-refractivity contribution in [1.82, 2.24) is 0 Å². The first-order valence-electron chi connectivity index (χ1n) is 9.05. The predicted octanol–water partition coefficient (Wildman–Crippen LogP) is 4.03. The lowest BCUT2D eigenvalue weighted by molar-refractivity contribution is -0.832. The molecule has 0 aromatic carbocycles. The van der Waals surface area contributed by atoms with E-state index >= 15 is 0 Å². The molecule has 0 spiro atoms.